The second-order valence-electron chi connectivity index (χ2n) is 8.27. The van der Waals surface area contributed by atoms with Crippen molar-refractivity contribution in [2.75, 3.05) is 18.4 Å². The number of hydrogen-bond donors (Lipinski definition) is 1. The van der Waals surface area contributed by atoms with Gasteiger partial charge in [-0.25, -0.2) is 13.2 Å². The number of rotatable bonds is 4. The summed E-state index contributed by atoms with van der Waals surface area (Å²) in [5.74, 6) is 0.156. The Labute approximate surface area is 198 Å². The Hall–Kier alpha value is -2.87. The standard InChI is InChI=1S/C25H23ClN2O4S/c26-22-14-19(15-23-21(22)16-32-25(29)27-23)17-10-12-28(13-11-17)33(30,31)24-9-5-4-8-20(24)18-6-2-1-3-7-18/h1-9,14-15,17H,10-13,16H2,(H,27,29). The number of amides is 1. The third kappa shape index (κ3) is 4.24. The first-order chi connectivity index (χ1) is 15.9. The van der Waals surface area contributed by atoms with Gasteiger partial charge < -0.3 is 4.74 Å². The number of anilines is 1. The van der Waals surface area contributed by atoms with Gasteiger partial charge >= 0.3 is 6.09 Å². The zero-order chi connectivity index (χ0) is 23.0. The van der Waals surface area contributed by atoms with E-state index >= 15 is 0 Å². The van der Waals surface area contributed by atoms with E-state index in [0.717, 1.165) is 16.7 Å². The number of benzene rings is 3. The first kappa shape index (κ1) is 21.9. The summed E-state index contributed by atoms with van der Waals surface area (Å²) in [6, 6.07) is 20.6. The van der Waals surface area contributed by atoms with Gasteiger partial charge in [0.15, 0.2) is 0 Å². The third-order valence-electron chi connectivity index (χ3n) is 6.32. The highest BCUT2D eigenvalue weighted by Crippen LogP contribution is 2.38. The largest absolute Gasteiger partial charge is 0.444 e. The number of nitrogens with one attached hydrogen (secondary N) is 1. The summed E-state index contributed by atoms with van der Waals surface area (Å²) in [6.07, 6.45) is 0.854. The molecule has 1 N–H and O–H groups in total. The van der Waals surface area contributed by atoms with Crippen molar-refractivity contribution in [3.8, 4) is 11.1 Å². The Morgan fingerprint density at radius 1 is 0.970 bits per heavy atom. The van der Waals surface area contributed by atoms with Crippen molar-refractivity contribution in [2.24, 2.45) is 0 Å². The van der Waals surface area contributed by atoms with Gasteiger partial charge in [-0.1, -0.05) is 60.1 Å². The number of cyclic esters (lactones) is 1. The molecule has 0 bridgehead atoms. The number of sulfonamides is 1. The van der Waals surface area contributed by atoms with E-state index in [2.05, 4.69) is 5.32 Å². The lowest BCUT2D eigenvalue weighted by molar-refractivity contribution is 0.151. The van der Waals surface area contributed by atoms with Gasteiger partial charge in [-0.2, -0.15) is 4.31 Å². The van der Waals surface area contributed by atoms with Crippen LogP contribution in [0.3, 0.4) is 0 Å². The molecule has 2 aliphatic rings. The number of ether oxygens (including phenoxy) is 1. The van der Waals surface area contributed by atoms with E-state index < -0.39 is 16.1 Å². The molecule has 1 saturated heterocycles. The Kier molecular flexibility index (Phi) is 5.86. The summed E-state index contributed by atoms with van der Waals surface area (Å²) in [4.78, 5) is 11.9. The maximum Gasteiger partial charge on any atom is 0.411 e. The molecule has 33 heavy (non-hydrogen) atoms. The van der Waals surface area contributed by atoms with Gasteiger partial charge in [0, 0.05) is 29.2 Å². The minimum Gasteiger partial charge on any atom is -0.444 e. The van der Waals surface area contributed by atoms with Crippen LogP contribution >= 0.6 is 11.6 Å². The van der Waals surface area contributed by atoms with Crippen molar-refractivity contribution in [1.82, 2.24) is 4.31 Å². The summed E-state index contributed by atoms with van der Waals surface area (Å²) in [7, 11) is -3.64. The van der Waals surface area contributed by atoms with E-state index in [9.17, 15) is 13.2 Å². The smallest absolute Gasteiger partial charge is 0.411 e. The molecule has 0 atom stereocenters. The van der Waals surface area contributed by atoms with Crippen molar-refractivity contribution < 1.29 is 17.9 Å². The minimum absolute atomic E-state index is 0.151. The lowest BCUT2D eigenvalue weighted by Gasteiger charge is -2.32. The zero-order valence-electron chi connectivity index (χ0n) is 17.8. The molecule has 6 nitrogen and oxygen atoms in total. The SMILES string of the molecule is O=C1Nc2cc(C3CCN(S(=O)(=O)c4ccccc4-c4ccccc4)CC3)cc(Cl)c2CO1. The highest BCUT2D eigenvalue weighted by Gasteiger charge is 2.32. The maximum absolute atomic E-state index is 13.5. The van der Waals surface area contributed by atoms with Gasteiger partial charge in [-0.05, 0) is 48.1 Å². The lowest BCUT2D eigenvalue weighted by atomic mass is 9.89. The molecule has 0 saturated carbocycles. The molecule has 2 heterocycles. The van der Waals surface area contributed by atoms with Crippen LogP contribution in [0.25, 0.3) is 11.1 Å². The molecule has 8 heteroatoms. The number of nitrogens with zero attached hydrogens (tertiary/aromatic N) is 1. The predicted octanol–water partition coefficient (Wildman–Crippen LogP) is 5.64. The van der Waals surface area contributed by atoms with Crippen molar-refractivity contribution in [3.63, 3.8) is 0 Å². The summed E-state index contributed by atoms with van der Waals surface area (Å²) < 4.78 is 33.7. The van der Waals surface area contributed by atoms with Gasteiger partial charge in [0.25, 0.3) is 0 Å². The van der Waals surface area contributed by atoms with Crippen molar-refractivity contribution in [2.45, 2.75) is 30.3 Å². The van der Waals surface area contributed by atoms with Crippen LogP contribution in [0.5, 0.6) is 0 Å². The molecule has 1 fully saturated rings. The van der Waals surface area contributed by atoms with E-state index in [4.69, 9.17) is 16.3 Å². The number of halogens is 1. The monoisotopic (exact) mass is 482 g/mol. The maximum atomic E-state index is 13.5. The fraction of sp³-hybridized carbons (Fsp3) is 0.240. The predicted molar refractivity (Wildman–Crippen MR) is 128 cm³/mol. The molecule has 1 amide bonds. The van der Waals surface area contributed by atoms with Gasteiger partial charge in [0.2, 0.25) is 10.0 Å². The molecule has 0 aromatic heterocycles. The Bertz CT molecular complexity index is 1300. The second kappa shape index (κ2) is 8.82. The zero-order valence-corrected chi connectivity index (χ0v) is 19.4. The quantitative estimate of drug-likeness (QED) is 0.522. The van der Waals surface area contributed by atoms with Crippen LogP contribution in [0.15, 0.2) is 71.6 Å². The molecule has 0 spiro atoms. The molecule has 5 rings (SSSR count). The van der Waals surface area contributed by atoms with Gasteiger partial charge in [-0.15, -0.1) is 0 Å². The van der Waals surface area contributed by atoms with Crippen molar-refractivity contribution in [1.29, 1.82) is 0 Å². The van der Waals surface area contributed by atoms with Crippen LogP contribution in [-0.2, 0) is 21.4 Å². The van der Waals surface area contributed by atoms with Gasteiger partial charge in [-0.3, -0.25) is 5.32 Å². The minimum atomic E-state index is -3.64. The highest BCUT2D eigenvalue weighted by atomic mass is 35.5. The normalized spacial score (nSPS) is 17.2. The van der Waals surface area contributed by atoms with Crippen molar-refractivity contribution in [3.05, 3.63) is 82.9 Å². The average molecular weight is 483 g/mol. The van der Waals surface area contributed by atoms with Gasteiger partial charge in [0.1, 0.15) is 6.61 Å². The Morgan fingerprint density at radius 2 is 1.67 bits per heavy atom. The van der Waals surface area contributed by atoms with Crippen LogP contribution in [-0.4, -0.2) is 31.9 Å². The third-order valence-corrected chi connectivity index (χ3v) is 8.61. The highest BCUT2D eigenvalue weighted by molar-refractivity contribution is 7.89. The van der Waals surface area contributed by atoms with Crippen LogP contribution < -0.4 is 5.32 Å². The molecule has 3 aromatic carbocycles. The summed E-state index contributed by atoms with van der Waals surface area (Å²) in [5.41, 5.74) is 4.02. The number of carbonyl (C=O) groups is 1. The summed E-state index contributed by atoms with van der Waals surface area (Å²) in [6.45, 7) is 0.985. The average Bonchev–Trinajstić information content (AvgIpc) is 2.84. The molecule has 0 radical (unpaired) electrons. The number of fused-ring (bicyclic) bond motifs is 1. The van der Waals surface area contributed by atoms with Crippen molar-refractivity contribution >= 4 is 33.4 Å². The van der Waals surface area contributed by atoms with Crippen LogP contribution in [0, 0.1) is 0 Å². The van der Waals surface area contributed by atoms with E-state index in [0.29, 0.717) is 47.1 Å². The number of hydrogen-bond acceptors (Lipinski definition) is 4. The van der Waals surface area contributed by atoms with Gasteiger partial charge in [0.05, 0.1) is 10.6 Å². The van der Waals surface area contributed by atoms with E-state index in [1.165, 1.54) is 0 Å². The fourth-order valence-corrected chi connectivity index (χ4v) is 6.52. The molecule has 170 valence electrons. The van der Waals surface area contributed by atoms with Crippen LogP contribution in [0.2, 0.25) is 5.02 Å². The molecule has 3 aromatic rings. The Balaban J connectivity index is 1.37. The second-order valence-corrected chi connectivity index (χ2v) is 10.6. The van der Waals surface area contributed by atoms with Crippen LogP contribution in [0.1, 0.15) is 29.9 Å². The molecule has 2 aliphatic heterocycles. The fourth-order valence-electron chi connectivity index (χ4n) is 4.55. The first-order valence-electron chi connectivity index (χ1n) is 10.8. The van der Waals surface area contributed by atoms with E-state index in [1.807, 2.05) is 54.6 Å². The molecule has 0 aliphatic carbocycles. The first-order valence-corrected chi connectivity index (χ1v) is 12.7. The molecular formula is C25H23ClN2O4S. The topological polar surface area (TPSA) is 75.7 Å². The van der Waals surface area contributed by atoms with E-state index in [1.54, 1.807) is 16.4 Å². The lowest BCUT2D eigenvalue weighted by Crippen LogP contribution is -2.38. The van der Waals surface area contributed by atoms with Crippen LogP contribution in [0.4, 0.5) is 10.5 Å². The molecular weight excluding hydrogens is 460 g/mol. The summed E-state index contributed by atoms with van der Waals surface area (Å²) in [5, 5.41) is 3.25. The summed E-state index contributed by atoms with van der Waals surface area (Å²) >= 11 is 6.43. The molecule has 0 unspecified atom stereocenters. The number of piperidine rings is 1. The number of carbonyl (C=O) groups excluding carboxylic acids is 1. The van der Waals surface area contributed by atoms with E-state index in [-0.39, 0.29) is 12.5 Å². The Morgan fingerprint density at radius 3 is 2.42 bits per heavy atom.